The molecule has 4 aromatic rings. The average Bonchev–Trinajstić information content (AvgIpc) is 3.53. The first-order valence-corrected chi connectivity index (χ1v) is 12.5. The Kier molecular flexibility index (Phi) is 6.81. The van der Waals surface area contributed by atoms with E-state index in [0.29, 0.717) is 17.5 Å². The maximum Gasteiger partial charge on any atom is 0.209 e. The Morgan fingerprint density at radius 1 is 1.07 bits per heavy atom. The maximum absolute atomic E-state index is 12.9. The normalized spacial score (nSPS) is 11.3. The lowest BCUT2D eigenvalue weighted by Crippen LogP contribution is -2.09. The summed E-state index contributed by atoms with van der Waals surface area (Å²) < 4.78 is 4.02. The molecule has 0 aliphatic carbocycles. The molecule has 0 aliphatic rings. The van der Waals surface area contributed by atoms with Gasteiger partial charge in [-0.05, 0) is 59.7 Å². The standard InChI is InChI=1S/C21H23N5OS3/c1-15-13-19(16(2)25(15)9-7-17-5-3-11-28-17)20(27)14-30-21-22-23-24-26(21)10-8-18-6-4-12-29-18/h3-6,11-13H,7-10,14H2,1-2H3. The zero-order valence-corrected chi connectivity index (χ0v) is 19.4. The third-order valence-electron chi connectivity index (χ3n) is 5.02. The van der Waals surface area contributed by atoms with E-state index in [0.717, 1.165) is 36.3 Å². The second-order valence-electron chi connectivity index (χ2n) is 6.99. The third-order valence-corrected chi connectivity index (χ3v) is 7.85. The highest BCUT2D eigenvalue weighted by atomic mass is 32.2. The van der Waals surface area contributed by atoms with Gasteiger partial charge in [-0.1, -0.05) is 23.9 Å². The van der Waals surface area contributed by atoms with Crippen molar-refractivity contribution >= 4 is 40.2 Å². The minimum atomic E-state index is 0.114. The van der Waals surface area contributed by atoms with Crippen LogP contribution in [0.25, 0.3) is 0 Å². The predicted octanol–water partition coefficient (Wildman–Crippen LogP) is 4.67. The molecule has 0 unspecified atom stereocenters. The molecule has 0 bridgehead atoms. The lowest BCUT2D eigenvalue weighted by molar-refractivity contribution is 0.102. The number of aryl methyl sites for hydroxylation is 4. The molecule has 0 N–H and O–H groups in total. The number of hydrogen-bond donors (Lipinski definition) is 0. The molecule has 0 saturated heterocycles. The molecular weight excluding hydrogens is 434 g/mol. The van der Waals surface area contributed by atoms with Crippen molar-refractivity contribution in [3.8, 4) is 0 Å². The van der Waals surface area contributed by atoms with Crippen molar-refractivity contribution in [1.82, 2.24) is 24.8 Å². The van der Waals surface area contributed by atoms with Gasteiger partial charge in [0.25, 0.3) is 0 Å². The summed E-state index contributed by atoms with van der Waals surface area (Å²) in [6.45, 7) is 5.70. The number of carbonyl (C=O) groups is 1. The molecule has 30 heavy (non-hydrogen) atoms. The van der Waals surface area contributed by atoms with Gasteiger partial charge in [-0.2, -0.15) is 0 Å². The number of thiophene rings is 2. The molecule has 0 fully saturated rings. The van der Waals surface area contributed by atoms with Gasteiger partial charge in [0.05, 0.1) is 12.3 Å². The molecule has 4 heterocycles. The van der Waals surface area contributed by atoms with Gasteiger partial charge in [-0.3, -0.25) is 4.79 Å². The Morgan fingerprint density at radius 3 is 2.43 bits per heavy atom. The molecule has 4 rings (SSSR count). The van der Waals surface area contributed by atoms with Crippen molar-refractivity contribution in [2.75, 3.05) is 5.75 Å². The van der Waals surface area contributed by atoms with Gasteiger partial charge in [0.2, 0.25) is 5.16 Å². The number of nitrogens with zero attached hydrogens (tertiary/aromatic N) is 5. The highest BCUT2D eigenvalue weighted by Crippen LogP contribution is 2.22. The molecule has 0 amide bonds. The summed E-state index contributed by atoms with van der Waals surface area (Å²) in [5.41, 5.74) is 2.95. The minimum absolute atomic E-state index is 0.114. The summed E-state index contributed by atoms with van der Waals surface area (Å²) in [4.78, 5) is 15.6. The number of ketones is 1. The van der Waals surface area contributed by atoms with E-state index in [1.54, 1.807) is 27.4 Å². The van der Waals surface area contributed by atoms with Gasteiger partial charge in [0, 0.05) is 39.7 Å². The van der Waals surface area contributed by atoms with Crippen LogP contribution in [0.2, 0.25) is 0 Å². The fraction of sp³-hybridized carbons (Fsp3) is 0.333. The van der Waals surface area contributed by atoms with Gasteiger partial charge < -0.3 is 4.57 Å². The molecule has 0 saturated carbocycles. The lowest BCUT2D eigenvalue weighted by atomic mass is 10.2. The number of thioether (sulfide) groups is 1. The smallest absolute Gasteiger partial charge is 0.209 e. The highest BCUT2D eigenvalue weighted by Gasteiger charge is 2.17. The topological polar surface area (TPSA) is 65.6 Å². The number of tetrazole rings is 1. The van der Waals surface area contributed by atoms with Gasteiger partial charge >= 0.3 is 0 Å². The predicted molar refractivity (Wildman–Crippen MR) is 123 cm³/mol. The second kappa shape index (κ2) is 9.72. The van der Waals surface area contributed by atoms with Crippen molar-refractivity contribution in [3.05, 3.63) is 67.8 Å². The van der Waals surface area contributed by atoms with Crippen LogP contribution in [0.1, 0.15) is 31.5 Å². The van der Waals surface area contributed by atoms with Crippen LogP contribution in [0, 0.1) is 13.8 Å². The maximum atomic E-state index is 12.9. The van der Waals surface area contributed by atoms with Crippen LogP contribution in [-0.4, -0.2) is 36.3 Å². The van der Waals surface area contributed by atoms with Crippen LogP contribution in [0.5, 0.6) is 0 Å². The Balaban J connectivity index is 1.36. The van der Waals surface area contributed by atoms with Gasteiger partial charge in [-0.25, -0.2) is 4.68 Å². The zero-order valence-electron chi connectivity index (χ0n) is 16.9. The Labute approximate surface area is 187 Å². The molecule has 6 nitrogen and oxygen atoms in total. The monoisotopic (exact) mass is 457 g/mol. The van der Waals surface area contributed by atoms with Crippen LogP contribution in [0.15, 0.2) is 46.2 Å². The van der Waals surface area contributed by atoms with Gasteiger partial charge in [0.1, 0.15) is 0 Å². The fourth-order valence-electron chi connectivity index (χ4n) is 3.42. The Hall–Kier alpha value is -2.23. The molecule has 0 spiro atoms. The second-order valence-corrected chi connectivity index (χ2v) is 10.00. The van der Waals surface area contributed by atoms with Crippen LogP contribution in [0.3, 0.4) is 0 Å². The summed E-state index contributed by atoms with van der Waals surface area (Å²) in [7, 11) is 0. The number of Topliss-reactive ketones (excluding diaryl/α,β-unsaturated/α-hetero) is 1. The SMILES string of the molecule is Cc1cc(C(=O)CSc2nnnn2CCc2cccs2)c(C)n1CCc1cccs1. The van der Waals surface area contributed by atoms with Crippen LogP contribution in [0.4, 0.5) is 0 Å². The zero-order chi connectivity index (χ0) is 20.9. The molecule has 156 valence electrons. The molecule has 0 aliphatic heterocycles. The van der Waals surface area contributed by atoms with Crippen LogP contribution >= 0.6 is 34.4 Å². The lowest BCUT2D eigenvalue weighted by Gasteiger charge is -2.09. The number of rotatable bonds is 10. The van der Waals surface area contributed by atoms with Gasteiger partial charge in [-0.15, -0.1) is 27.8 Å². The van der Waals surface area contributed by atoms with E-state index in [9.17, 15) is 4.79 Å². The van der Waals surface area contributed by atoms with Crippen LogP contribution < -0.4 is 0 Å². The first-order chi connectivity index (χ1) is 14.6. The summed E-state index contributed by atoms with van der Waals surface area (Å²) in [6.07, 6.45) is 1.87. The van der Waals surface area contributed by atoms with E-state index in [1.165, 1.54) is 21.5 Å². The molecule has 0 aromatic carbocycles. The van der Waals surface area contributed by atoms with Crippen molar-refractivity contribution in [1.29, 1.82) is 0 Å². The first-order valence-electron chi connectivity index (χ1n) is 9.75. The average molecular weight is 458 g/mol. The molecule has 4 aromatic heterocycles. The molecule has 0 radical (unpaired) electrons. The molecule has 0 atom stereocenters. The van der Waals surface area contributed by atoms with Gasteiger partial charge in [0.15, 0.2) is 5.78 Å². The van der Waals surface area contributed by atoms with E-state index < -0.39 is 0 Å². The first kappa shape index (κ1) is 21.0. The minimum Gasteiger partial charge on any atom is -0.348 e. The number of hydrogen-bond acceptors (Lipinski definition) is 7. The van der Waals surface area contributed by atoms with E-state index >= 15 is 0 Å². The van der Waals surface area contributed by atoms with Crippen molar-refractivity contribution in [3.63, 3.8) is 0 Å². The largest absolute Gasteiger partial charge is 0.348 e. The number of carbonyl (C=O) groups excluding carboxylic acids is 1. The quantitative estimate of drug-likeness (QED) is 0.256. The van der Waals surface area contributed by atoms with Crippen molar-refractivity contribution in [2.45, 2.75) is 44.9 Å². The van der Waals surface area contributed by atoms with Crippen molar-refractivity contribution < 1.29 is 4.79 Å². The van der Waals surface area contributed by atoms with E-state index in [2.05, 4.69) is 56.0 Å². The summed E-state index contributed by atoms with van der Waals surface area (Å²) in [6, 6.07) is 10.4. The van der Waals surface area contributed by atoms with E-state index in [4.69, 9.17) is 0 Å². The molecule has 9 heteroatoms. The number of aromatic nitrogens is 5. The van der Waals surface area contributed by atoms with E-state index in [1.807, 2.05) is 19.1 Å². The van der Waals surface area contributed by atoms with Crippen LogP contribution in [-0.2, 0) is 25.9 Å². The Bertz CT molecular complexity index is 1100. The third kappa shape index (κ3) is 4.91. The molecular formula is C21H23N5OS3. The van der Waals surface area contributed by atoms with Crippen molar-refractivity contribution in [2.24, 2.45) is 0 Å². The summed E-state index contributed by atoms with van der Waals surface area (Å²) in [5.74, 6) is 0.442. The summed E-state index contributed by atoms with van der Waals surface area (Å²) in [5, 5.41) is 16.8. The summed E-state index contributed by atoms with van der Waals surface area (Å²) >= 11 is 4.91. The highest BCUT2D eigenvalue weighted by molar-refractivity contribution is 7.99. The fourth-order valence-corrected chi connectivity index (χ4v) is 5.61. The Morgan fingerprint density at radius 2 is 1.77 bits per heavy atom. The van der Waals surface area contributed by atoms with E-state index in [-0.39, 0.29) is 5.78 Å².